The third-order valence-electron chi connectivity index (χ3n) is 3.32. The van der Waals surface area contributed by atoms with Crippen LogP contribution in [0.3, 0.4) is 0 Å². The van der Waals surface area contributed by atoms with E-state index in [2.05, 4.69) is 23.0 Å². The Labute approximate surface area is 130 Å². The highest BCUT2D eigenvalue weighted by Crippen LogP contribution is 2.24. The summed E-state index contributed by atoms with van der Waals surface area (Å²) >= 11 is 7.06. The lowest BCUT2D eigenvalue weighted by atomic mass is 10.3. The number of thioether (sulfide) groups is 1. The maximum Gasteiger partial charge on any atom is 0.171 e. The van der Waals surface area contributed by atoms with Gasteiger partial charge < -0.3 is 20.3 Å². The number of ether oxygens (including phenoxy) is 1. The maximum atomic E-state index is 5.35. The predicted molar refractivity (Wildman–Crippen MR) is 88.8 cm³/mol. The summed E-state index contributed by atoms with van der Waals surface area (Å²) < 4.78 is 5.35. The molecule has 1 aliphatic heterocycles. The van der Waals surface area contributed by atoms with Crippen LogP contribution in [-0.4, -0.2) is 50.8 Å². The van der Waals surface area contributed by atoms with Gasteiger partial charge in [0.2, 0.25) is 0 Å². The number of quaternary nitrogens is 1. The van der Waals surface area contributed by atoms with E-state index in [-0.39, 0.29) is 0 Å². The molecule has 3 N–H and O–H groups in total. The largest absolute Gasteiger partial charge is 0.370 e. The van der Waals surface area contributed by atoms with Crippen LogP contribution in [0, 0.1) is 0 Å². The molecule has 110 valence electrons. The van der Waals surface area contributed by atoms with Gasteiger partial charge >= 0.3 is 0 Å². The average Bonchev–Trinajstić information content (AvgIpc) is 2.49. The summed E-state index contributed by atoms with van der Waals surface area (Å²) in [5.41, 5.74) is 1.07. The van der Waals surface area contributed by atoms with E-state index < -0.39 is 0 Å². The molecule has 1 aliphatic rings. The molecule has 0 spiro atoms. The fourth-order valence-electron chi connectivity index (χ4n) is 2.18. The third-order valence-corrected chi connectivity index (χ3v) is 4.36. The van der Waals surface area contributed by atoms with E-state index in [9.17, 15) is 0 Å². The molecule has 0 atom stereocenters. The van der Waals surface area contributed by atoms with E-state index in [0.29, 0.717) is 5.11 Å². The van der Waals surface area contributed by atoms with Gasteiger partial charge in [0.05, 0.1) is 32.0 Å². The summed E-state index contributed by atoms with van der Waals surface area (Å²) in [4.78, 5) is 2.78. The van der Waals surface area contributed by atoms with Gasteiger partial charge in [-0.05, 0) is 30.6 Å². The Hall–Kier alpha value is -0.820. The first-order chi connectivity index (χ1) is 9.79. The molecule has 4 nitrogen and oxygen atoms in total. The SMILES string of the molecule is CSc1ccccc1NC(=S)NCC[NH+]1CCOCC1. The number of morpholine rings is 1. The van der Waals surface area contributed by atoms with Crippen molar-refractivity contribution in [3.8, 4) is 0 Å². The van der Waals surface area contributed by atoms with E-state index >= 15 is 0 Å². The first-order valence-corrected chi connectivity index (χ1v) is 8.52. The van der Waals surface area contributed by atoms with Gasteiger partial charge in [-0.2, -0.15) is 0 Å². The Kier molecular flexibility index (Phi) is 6.59. The zero-order valence-electron chi connectivity index (χ0n) is 11.8. The van der Waals surface area contributed by atoms with E-state index in [1.165, 1.54) is 4.90 Å². The quantitative estimate of drug-likeness (QED) is 0.549. The fourth-order valence-corrected chi connectivity index (χ4v) is 2.94. The summed E-state index contributed by atoms with van der Waals surface area (Å²) in [5, 5.41) is 7.24. The van der Waals surface area contributed by atoms with Crippen LogP contribution in [0.4, 0.5) is 5.69 Å². The van der Waals surface area contributed by atoms with Crippen molar-refractivity contribution in [2.45, 2.75) is 4.90 Å². The van der Waals surface area contributed by atoms with Crippen molar-refractivity contribution in [2.24, 2.45) is 0 Å². The molecule has 0 saturated carbocycles. The Morgan fingerprint density at radius 1 is 1.35 bits per heavy atom. The smallest absolute Gasteiger partial charge is 0.171 e. The monoisotopic (exact) mass is 312 g/mol. The predicted octanol–water partition coefficient (Wildman–Crippen LogP) is 0.610. The molecule has 1 saturated heterocycles. The highest BCUT2D eigenvalue weighted by atomic mass is 32.2. The number of hydrogen-bond donors (Lipinski definition) is 3. The van der Waals surface area contributed by atoms with Crippen LogP contribution in [0.2, 0.25) is 0 Å². The molecular weight excluding hydrogens is 290 g/mol. The number of rotatable bonds is 5. The van der Waals surface area contributed by atoms with Gasteiger partial charge in [0.15, 0.2) is 5.11 Å². The minimum atomic E-state index is 0.694. The Balaban J connectivity index is 1.72. The topological polar surface area (TPSA) is 37.7 Å². The molecule has 0 aliphatic carbocycles. The first-order valence-electron chi connectivity index (χ1n) is 6.89. The van der Waals surface area contributed by atoms with E-state index in [1.807, 2.05) is 18.2 Å². The normalized spacial score (nSPS) is 15.8. The summed E-state index contributed by atoms with van der Waals surface area (Å²) in [5.74, 6) is 0. The molecule has 1 heterocycles. The van der Waals surface area contributed by atoms with Gasteiger partial charge in [-0.3, -0.25) is 0 Å². The van der Waals surface area contributed by atoms with Crippen LogP contribution in [0.15, 0.2) is 29.2 Å². The first kappa shape index (κ1) is 15.6. The van der Waals surface area contributed by atoms with Gasteiger partial charge in [-0.15, -0.1) is 11.8 Å². The summed E-state index contributed by atoms with van der Waals surface area (Å²) in [7, 11) is 0. The zero-order chi connectivity index (χ0) is 14.2. The van der Waals surface area contributed by atoms with Crippen molar-refractivity contribution < 1.29 is 9.64 Å². The van der Waals surface area contributed by atoms with Gasteiger partial charge in [0.25, 0.3) is 0 Å². The Bertz CT molecular complexity index is 436. The van der Waals surface area contributed by atoms with E-state index in [0.717, 1.165) is 45.1 Å². The number of hydrogen-bond acceptors (Lipinski definition) is 3. The number of thiocarbonyl (C=S) groups is 1. The molecule has 0 radical (unpaired) electrons. The minimum absolute atomic E-state index is 0.694. The van der Waals surface area contributed by atoms with Crippen molar-refractivity contribution in [1.82, 2.24) is 5.32 Å². The van der Waals surface area contributed by atoms with Crippen molar-refractivity contribution in [3.63, 3.8) is 0 Å². The zero-order valence-corrected chi connectivity index (χ0v) is 13.4. The third kappa shape index (κ3) is 4.94. The van der Waals surface area contributed by atoms with Crippen molar-refractivity contribution in [2.75, 3.05) is 51.0 Å². The number of nitrogens with one attached hydrogen (secondary N) is 3. The summed E-state index contributed by atoms with van der Waals surface area (Å²) in [6.07, 6.45) is 2.07. The molecule has 1 aromatic carbocycles. The molecule has 6 heteroatoms. The maximum absolute atomic E-state index is 5.35. The lowest BCUT2D eigenvalue weighted by molar-refractivity contribution is -0.906. The summed E-state index contributed by atoms with van der Waals surface area (Å²) in [6.45, 7) is 5.91. The number of anilines is 1. The molecule has 20 heavy (non-hydrogen) atoms. The second-order valence-corrected chi connectivity index (χ2v) is 5.95. The van der Waals surface area contributed by atoms with Crippen LogP contribution >= 0.6 is 24.0 Å². The average molecular weight is 312 g/mol. The molecule has 0 amide bonds. The molecule has 0 aromatic heterocycles. The van der Waals surface area contributed by atoms with Crippen molar-refractivity contribution >= 4 is 34.8 Å². The Morgan fingerprint density at radius 3 is 2.85 bits per heavy atom. The Morgan fingerprint density at radius 2 is 2.10 bits per heavy atom. The standard InChI is InChI=1S/C14H21N3OS2/c1-20-13-5-3-2-4-12(13)16-14(19)15-6-7-17-8-10-18-11-9-17/h2-5H,6-11H2,1H3,(H2,15,16,19)/p+1. The van der Waals surface area contributed by atoms with Gasteiger partial charge in [0.1, 0.15) is 13.1 Å². The lowest BCUT2D eigenvalue weighted by Gasteiger charge is -2.24. The molecule has 2 rings (SSSR count). The number of para-hydroxylation sites is 1. The van der Waals surface area contributed by atoms with Crippen LogP contribution in [-0.2, 0) is 4.74 Å². The van der Waals surface area contributed by atoms with Gasteiger partial charge in [-0.1, -0.05) is 12.1 Å². The number of benzene rings is 1. The fraction of sp³-hybridized carbons (Fsp3) is 0.500. The van der Waals surface area contributed by atoms with Crippen LogP contribution in [0.25, 0.3) is 0 Å². The van der Waals surface area contributed by atoms with Crippen molar-refractivity contribution in [1.29, 1.82) is 0 Å². The van der Waals surface area contributed by atoms with Gasteiger partial charge in [-0.25, -0.2) is 0 Å². The highest BCUT2D eigenvalue weighted by Gasteiger charge is 2.13. The molecule has 1 fully saturated rings. The van der Waals surface area contributed by atoms with Crippen LogP contribution in [0.5, 0.6) is 0 Å². The van der Waals surface area contributed by atoms with Crippen molar-refractivity contribution in [3.05, 3.63) is 24.3 Å². The molecule has 1 aromatic rings. The second kappa shape index (κ2) is 8.46. The summed E-state index contributed by atoms with van der Waals surface area (Å²) in [6, 6.07) is 8.19. The molecule has 0 unspecified atom stereocenters. The van der Waals surface area contributed by atoms with Crippen LogP contribution < -0.4 is 15.5 Å². The van der Waals surface area contributed by atoms with E-state index in [1.54, 1.807) is 16.7 Å². The highest BCUT2D eigenvalue weighted by molar-refractivity contribution is 7.98. The molecular formula is C14H22N3OS2+. The van der Waals surface area contributed by atoms with Gasteiger partial charge in [0, 0.05) is 4.90 Å². The second-order valence-electron chi connectivity index (χ2n) is 4.69. The minimum Gasteiger partial charge on any atom is -0.370 e. The molecule has 0 bridgehead atoms. The lowest BCUT2D eigenvalue weighted by Crippen LogP contribution is -3.14. The van der Waals surface area contributed by atoms with E-state index in [4.69, 9.17) is 17.0 Å². The van der Waals surface area contributed by atoms with Crippen LogP contribution in [0.1, 0.15) is 0 Å².